The van der Waals surface area contributed by atoms with Gasteiger partial charge >= 0.3 is 6.03 Å². The number of hydrogen-bond acceptors (Lipinski definition) is 7. The number of nitrogens with one attached hydrogen (secondary N) is 2. The summed E-state index contributed by atoms with van der Waals surface area (Å²) in [5, 5.41) is 5.84. The lowest BCUT2D eigenvalue weighted by Crippen LogP contribution is -2.53. The molecule has 166 valence electrons. The number of piperazine rings is 1. The molecular formula is C21H27N5O5. The van der Waals surface area contributed by atoms with Crippen LogP contribution in [0.3, 0.4) is 0 Å². The van der Waals surface area contributed by atoms with Gasteiger partial charge in [-0.05, 0) is 37.5 Å². The Hall–Kier alpha value is -2.85. The van der Waals surface area contributed by atoms with Crippen LogP contribution in [0, 0.1) is 0 Å². The van der Waals surface area contributed by atoms with Crippen molar-refractivity contribution in [1.82, 2.24) is 25.3 Å². The molecule has 0 bridgehead atoms. The number of hydrogen-bond donors (Lipinski definition) is 2. The van der Waals surface area contributed by atoms with Crippen LogP contribution in [0.1, 0.15) is 25.3 Å². The van der Waals surface area contributed by atoms with Gasteiger partial charge in [-0.15, -0.1) is 0 Å². The summed E-state index contributed by atoms with van der Waals surface area (Å²) in [5.74, 6) is 0.984. The molecule has 4 aliphatic rings. The van der Waals surface area contributed by atoms with Gasteiger partial charge in [0.1, 0.15) is 5.54 Å². The van der Waals surface area contributed by atoms with Gasteiger partial charge in [0, 0.05) is 32.2 Å². The molecular weight excluding hydrogens is 402 g/mol. The van der Waals surface area contributed by atoms with Crippen molar-refractivity contribution in [2.75, 3.05) is 46.2 Å². The smallest absolute Gasteiger partial charge is 0.326 e. The van der Waals surface area contributed by atoms with Crippen molar-refractivity contribution in [2.45, 2.75) is 31.3 Å². The molecule has 1 aromatic carbocycles. The van der Waals surface area contributed by atoms with Gasteiger partial charge in [-0.1, -0.05) is 6.07 Å². The van der Waals surface area contributed by atoms with E-state index in [0.717, 1.165) is 25.9 Å². The lowest BCUT2D eigenvalue weighted by Gasteiger charge is -2.35. The molecule has 0 spiro atoms. The lowest BCUT2D eigenvalue weighted by molar-refractivity contribution is -0.132. The standard InChI is InChI=1S/C21H27N5O5/c1-21(14-2-5-16-17(10-14)31-13-30-16)19(28)26(20(29)23-21)12-25-8-6-24(7-9-25)11-18(27)22-15-3-4-15/h2,5,10,15H,3-4,6-9,11-13H2,1H3,(H,22,27)(H,23,29)/t21-/m1/s1. The third-order valence-corrected chi connectivity index (χ3v) is 6.34. The lowest BCUT2D eigenvalue weighted by atomic mass is 9.92. The van der Waals surface area contributed by atoms with E-state index in [4.69, 9.17) is 9.47 Å². The summed E-state index contributed by atoms with van der Waals surface area (Å²) in [6.45, 7) is 5.31. The van der Waals surface area contributed by atoms with Crippen molar-refractivity contribution in [2.24, 2.45) is 0 Å². The number of benzene rings is 1. The highest BCUT2D eigenvalue weighted by molar-refractivity contribution is 6.07. The van der Waals surface area contributed by atoms with Crippen molar-refractivity contribution in [3.05, 3.63) is 23.8 Å². The highest BCUT2D eigenvalue weighted by Crippen LogP contribution is 2.37. The van der Waals surface area contributed by atoms with Gasteiger partial charge in [0.05, 0.1) is 13.2 Å². The molecule has 0 aromatic heterocycles. The van der Waals surface area contributed by atoms with Crippen LogP contribution in [0.2, 0.25) is 0 Å². The third-order valence-electron chi connectivity index (χ3n) is 6.34. The summed E-state index contributed by atoms with van der Waals surface area (Å²) in [6.07, 6.45) is 2.16. The molecule has 5 rings (SSSR count). The Kier molecular flexibility index (Phi) is 4.98. The summed E-state index contributed by atoms with van der Waals surface area (Å²) in [4.78, 5) is 43.3. The highest BCUT2D eigenvalue weighted by atomic mass is 16.7. The maximum absolute atomic E-state index is 13.2. The Morgan fingerprint density at radius 2 is 1.84 bits per heavy atom. The van der Waals surface area contributed by atoms with E-state index in [9.17, 15) is 14.4 Å². The SMILES string of the molecule is C[C@]1(c2ccc3c(c2)OCO3)NC(=O)N(CN2CCN(CC(=O)NC3CC3)CC2)C1=O. The highest BCUT2D eigenvalue weighted by Gasteiger charge is 2.49. The Labute approximate surface area is 180 Å². The molecule has 1 aliphatic carbocycles. The molecule has 10 nitrogen and oxygen atoms in total. The van der Waals surface area contributed by atoms with Gasteiger partial charge in [0.25, 0.3) is 5.91 Å². The summed E-state index contributed by atoms with van der Waals surface area (Å²) < 4.78 is 10.7. The van der Waals surface area contributed by atoms with Crippen LogP contribution in [-0.2, 0) is 15.1 Å². The second kappa shape index (κ2) is 7.69. The summed E-state index contributed by atoms with van der Waals surface area (Å²) in [6, 6.07) is 5.24. The van der Waals surface area contributed by atoms with E-state index in [0.29, 0.717) is 42.7 Å². The Morgan fingerprint density at radius 3 is 2.58 bits per heavy atom. The van der Waals surface area contributed by atoms with E-state index < -0.39 is 11.6 Å². The van der Waals surface area contributed by atoms with Gasteiger partial charge in [-0.2, -0.15) is 0 Å². The second-order valence-corrected chi connectivity index (χ2v) is 8.73. The number of carbonyl (C=O) groups is 3. The molecule has 0 unspecified atom stereocenters. The van der Waals surface area contributed by atoms with E-state index in [1.165, 1.54) is 4.90 Å². The van der Waals surface area contributed by atoms with Crippen LogP contribution >= 0.6 is 0 Å². The van der Waals surface area contributed by atoms with Crippen LogP contribution in [0.5, 0.6) is 11.5 Å². The molecule has 2 N–H and O–H groups in total. The molecule has 0 radical (unpaired) electrons. The Morgan fingerprint density at radius 1 is 1.13 bits per heavy atom. The molecule has 31 heavy (non-hydrogen) atoms. The second-order valence-electron chi connectivity index (χ2n) is 8.73. The summed E-state index contributed by atoms with van der Waals surface area (Å²) in [5.41, 5.74) is -0.495. The zero-order valence-corrected chi connectivity index (χ0v) is 17.6. The van der Waals surface area contributed by atoms with Gasteiger partial charge in [-0.3, -0.25) is 19.4 Å². The number of carbonyl (C=O) groups excluding carboxylic acids is 3. The Bertz CT molecular complexity index is 911. The molecule has 10 heteroatoms. The molecule has 1 atom stereocenters. The Balaban J connectivity index is 1.18. The summed E-state index contributed by atoms with van der Waals surface area (Å²) in [7, 11) is 0. The quantitative estimate of drug-likeness (QED) is 0.616. The third kappa shape index (κ3) is 3.92. The van der Waals surface area contributed by atoms with Crippen LogP contribution in [0.25, 0.3) is 0 Å². The largest absolute Gasteiger partial charge is 0.454 e. The van der Waals surface area contributed by atoms with Crippen molar-refractivity contribution in [3.8, 4) is 11.5 Å². The topological polar surface area (TPSA) is 103 Å². The molecule has 4 amide bonds. The maximum atomic E-state index is 13.2. The van der Waals surface area contributed by atoms with E-state index in [1.807, 2.05) is 0 Å². The molecule has 1 aromatic rings. The predicted molar refractivity (Wildman–Crippen MR) is 109 cm³/mol. The fraction of sp³-hybridized carbons (Fsp3) is 0.571. The fourth-order valence-corrected chi connectivity index (χ4v) is 4.22. The first-order valence-electron chi connectivity index (χ1n) is 10.7. The van der Waals surface area contributed by atoms with Crippen molar-refractivity contribution >= 4 is 17.8 Å². The first kappa shape index (κ1) is 20.1. The van der Waals surface area contributed by atoms with E-state index in [-0.39, 0.29) is 25.3 Å². The molecule has 3 aliphatic heterocycles. The maximum Gasteiger partial charge on any atom is 0.326 e. The van der Waals surface area contributed by atoms with Crippen molar-refractivity contribution < 1.29 is 23.9 Å². The van der Waals surface area contributed by atoms with Crippen molar-refractivity contribution in [3.63, 3.8) is 0 Å². The van der Waals surface area contributed by atoms with Crippen LogP contribution < -0.4 is 20.1 Å². The zero-order valence-electron chi connectivity index (χ0n) is 17.6. The molecule has 2 saturated heterocycles. The number of rotatable bonds is 6. The normalized spacial score (nSPS) is 26.3. The average molecular weight is 429 g/mol. The minimum absolute atomic E-state index is 0.0736. The van der Waals surface area contributed by atoms with Gasteiger partial charge < -0.3 is 20.1 Å². The number of fused-ring (bicyclic) bond motifs is 1. The van der Waals surface area contributed by atoms with Gasteiger partial charge in [0.2, 0.25) is 12.7 Å². The fourth-order valence-electron chi connectivity index (χ4n) is 4.22. The zero-order chi connectivity index (χ0) is 21.6. The first-order chi connectivity index (χ1) is 14.9. The van der Waals surface area contributed by atoms with Crippen LogP contribution in [0.4, 0.5) is 4.79 Å². The van der Waals surface area contributed by atoms with Gasteiger partial charge in [0.15, 0.2) is 11.5 Å². The number of urea groups is 1. The average Bonchev–Trinajstić information content (AvgIpc) is 3.38. The van der Waals surface area contributed by atoms with E-state index >= 15 is 0 Å². The van der Waals surface area contributed by atoms with Crippen LogP contribution in [0.15, 0.2) is 18.2 Å². The van der Waals surface area contributed by atoms with E-state index in [1.54, 1.807) is 25.1 Å². The molecule has 3 fully saturated rings. The minimum atomic E-state index is -1.15. The number of ether oxygens (including phenoxy) is 2. The predicted octanol–water partition coefficient (Wildman–Crippen LogP) is 0.0360. The van der Waals surface area contributed by atoms with Gasteiger partial charge in [-0.25, -0.2) is 9.69 Å². The van der Waals surface area contributed by atoms with E-state index in [2.05, 4.69) is 20.4 Å². The monoisotopic (exact) mass is 429 g/mol. The number of imide groups is 1. The molecule has 3 heterocycles. The summed E-state index contributed by atoms with van der Waals surface area (Å²) >= 11 is 0. The minimum Gasteiger partial charge on any atom is -0.454 e. The van der Waals surface area contributed by atoms with Crippen molar-refractivity contribution in [1.29, 1.82) is 0 Å². The number of nitrogens with zero attached hydrogens (tertiary/aromatic N) is 3. The molecule has 1 saturated carbocycles. The van der Waals surface area contributed by atoms with Crippen LogP contribution in [-0.4, -0.2) is 84.8 Å². The number of amides is 4. The first-order valence-corrected chi connectivity index (χ1v) is 10.7.